The smallest absolute Gasteiger partial charge is 0.232 e. The van der Waals surface area contributed by atoms with Crippen molar-refractivity contribution in [1.29, 1.82) is 0 Å². The predicted molar refractivity (Wildman–Crippen MR) is 116 cm³/mol. The number of hydrogen-bond acceptors (Lipinski definition) is 7. The van der Waals surface area contributed by atoms with Crippen molar-refractivity contribution in [2.45, 2.75) is 38.6 Å². The van der Waals surface area contributed by atoms with E-state index < -0.39 is 0 Å². The molecule has 2 aliphatic rings. The van der Waals surface area contributed by atoms with Gasteiger partial charge >= 0.3 is 0 Å². The molecule has 1 atom stereocenters. The average molecular weight is 409 g/mol. The molecule has 3 heterocycles. The summed E-state index contributed by atoms with van der Waals surface area (Å²) in [5, 5.41) is 6.89. The zero-order valence-corrected chi connectivity index (χ0v) is 17.8. The summed E-state index contributed by atoms with van der Waals surface area (Å²) >= 11 is 5.42. The minimum absolute atomic E-state index is 0.480. The van der Waals surface area contributed by atoms with Gasteiger partial charge in [-0.2, -0.15) is 9.97 Å². The number of nitrogens with one attached hydrogen (secondary N) is 2. The van der Waals surface area contributed by atoms with E-state index in [2.05, 4.69) is 33.4 Å². The summed E-state index contributed by atoms with van der Waals surface area (Å²) in [6, 6.07) is 2.58. The molecular weight excluding hydrogens is 376 g/mol. The van der Waals surface area contributed by atoms with Gasteiger partial charge in [0.1, 0.15) is 11.6 Å². The van der Waals surface area contributed by atoms with E-state index in [1.54, 1.807) is 7.11 Å². The van der Waals surface area contributed by atoms with Crippen LogP contribution in [0.25, 0.3) is 0 Å². The summed E-state index contributed by atoms with van der Waals surface area (Å²) < 4.78 is 10.6. The van der Waals surface area contributed by atoms with Gasteiger partial charge in [-0.1, -0.05) is 0 Å². The van der Waals surface area contributed by atoms with Crippen molar-refractivity contribution in [2.75, 3.05) is 68.2 Å². The number of methoxy groups -OCH3 is 1. The number of piperidine rings is 1. The average Bonchev–Trinajstić information content (AvgIpc) is 2.72. The van der Waals surface area contributed by atoms with Crippen molar-refractivity contribution in [3.8, 4) is 0 Å². The Hall–Kier alpha value is -1.71. The van der Waals surface area contributed by atoms with Gasteiger partial charge in [0.2, 0.25) is 5.95 Å². The van der Waals surface area contributed by atoms with Gasteiger partial charge in [-0.25, -0.2) is 0 Å². The lowest BCUT2D eigenvalue weighted by atomic mass is 10.0. The molecule has 0 aromatic carbocycles. The van der Waals surface area contributed by atoms with E-state index in [-0.39, 0.29) is 0 Å². The second-order valence-electron chi connectivity index (χ2n) is 7.27. The second kappa shape index (κ2) is 10.7. The van der Waals surface area contributed by atoms with Crippen LogP contribution in [0, 0.1) is 0 Å². The van der Waals surface area contributed by atoms with Gasteiger partial charge in [0.05, 0.1) is 13.2 Å². The quantitative estimate of drug-likeness (QED) is 0.520. The fraction of sp³-hybridized carbons (Fsp3) is 0.737. The first-order valence-electron chi connectivity index (χ1n) is 10.2. The maximum Gasteiger partial charge on any atom is 0.232 e. The number of thiocarbonyl (C=S) groups is 1. The molecule has 0 saturated carbocycles. The molecule has 1 aromatic rings. The Labute approximate surface area is 173 Å². The van der Waals surface area contributed by atoms with Crippen LogP contribution in [0.1, 0.15) is 32.6 Å². The maximum absolute atomic E-state index is 5.49. The fourth-order valence-corrected chi connectivity index (χ4v) is 3.78. The molecule has 3 rings (SSSR count). The Kier molecular flexibility index (Phi) is 8.05. The highest BCUT2D eigenvalue weighted by Crippen LogP contribution is 2.27. The summed E-state index contributed by atoms with van der Waals surface area (Å²) in [5.41, 5.74) is 0. The highest BCUT2D eigenvalue weighted by molar-refractivity contribution is 7.80. The summed E-state index contributed by atoms with van der Waals surface area (Å²) in [6.45, 7) is 7.87. The van der Waals surface area contributed by atoms with E-state index in [1.807, 2.05) is 0 Å². The van der Waals surface area contributed by atoms with Crippen molar-refractivity contribution in [3.05, 3.63) is 6.07 Å². The molecule has 1 aromatic heterocycles. The summed E-state index contributed by atoms with van der Waals surface area (Å²) in [4.78, 5) is 14.1. The van der Waals surface area contributed by atoms with E-state index in [1.165, 1.54) is 19.3 Å². The molecule has 2 aliphatic heterocycles. The van der Waals surface area contributed by atoms with Gasteiger partial charge in [0, 0.05) is 52.0 Å². The summed E-state index contributed by atoms with van der Waals surface area (Å²) in [5.74, 6) is 2.44. The van der Waals surface area contributed by atoms with E-state index in [9.17, 15) is 0 Å². The lowest BCUT2D eigenvalue weighted by molar-refractivity contribution is 0.122. The van der Waals surface area contributed by atoms with E-state index in [0.717, 1.165) is 57.4 Å². The van der Waals surface area contributed by atoms with Gasteiger partial charge in [-0.05, 0) is 44.8 Å². The number of ether oxygens (including phenoxy) is 2. The number of rotatable bonds is 7. The van der Waals surface area contributed by atoms with Crippen LogP contribution < -0.4 is 20.4 Å². The van der Waals surface area contributed by atoms with Gasteiger partial charge in [0.25, 0.3) is 0 Å². The summed E-state index contributed by atoms with van der Waals surface area (Å²) in [6.07, 6.45) is 4.56. The van der Waals surface area contributed by atoms with Crippen molar-refractivity contribution in [1.82, 2.24) is 15.3 Å². The Balaban J connectivity index is 1.75. The third kappa shape index (κ3) is 5.89. The molecule has 0 spiro atoms. The molecule has 28 heavy (non-hydrogen) atoms. The largest absolute Gasteiger partial charge is 0.385 e. The lowest BCUT2D eigenvalue weighted by Gasteiger charge is -2.35. The molecule has 0 amide bonds. The number of nitrogens with zero attached hydrogens (tertiary/aromatic N) is 4. The molecule has 9 heteroatoms. The number of hydrogen-bond donors (Lipinski definition) is 2. The Bertz CT molecular complexity index is 641. The first-order chi connectivity index (χ1) is 13.7. The highest BCUT2D eigenvalue weighted by atomic mass is 32.1. The summed E-state index contributed by atoms with van der Waals surface area (Å²) in [7, 11) is 1.70. The van der Waals surface area contributed by atoms with Crippen molar-refractivity contribution in [3.63, 3.8) is 0 Å². The van der Waals surface area contributed by atoms with Crippen molar-refractivity contribution >= 4 is 34.9 Å². The van der Waals surface area contributed by atoms with Crippen LogP contribution in [0.3, 0.4) is 0 Å². The molecule has 156 valence electrons. The predicted octanol–water partition coefficient (Wildman–Crippen LogP) is 2.01. The third-order valence-corrected chi connectivity index (χ3v) is 5.41. The number of morpholine rings is 1. The molecule has 8 nitrogen and oxygen atoms in total. The normalized spacial score (nSPS) is 20.1. The van der Waals surface area contributed by atoms with Crippen molar-refractivity contribution < 1.29 is 9.47 Å². The van der Waals surface area contributed by atoms with Crippen LogP contribution in [0.4, 0.5) is 17.6 Å². The third-order valence-electron chi connectivity index (χ3n) is 5.17. The molecule has 0 aliphatic carbocycles. The minimum atomic E-state index is 0.480. The highest BCUT2D eigenvalue weighted by Gasteiger charge is 2.23. The molecule has 0 unspecified atom stereocenters. The Morgan fingerprint density at radius 3 is 2.79 bits per heavy atom. The zero-order valence-electron chi connectivity index (χ0n) is 16.9. The van der Waals surface area contributed by atoms with Crippen LogP contribution in [-0.2, 0) is 9.47 Å². The second-order valence-corrected chi connectivity index (χ2v) is 7.68. The molecule has 2 fully saturated rings. The Morgan fingerprint density at radius 2 is 2.04 bits per heavy atom. The number of anilines is 3. The van der Waals surface area contributed by atoms with E-state index in [4.69, 9.17) is 31.7 Å². The molecule has 2 N–H and O–H groups in total. The zero-order chi connectivity index (χ0) is 19.8. The van der Waals surface area contributed by atoms with Crippen LogP contribution in [-0.4, -0.2) is 74.2 Å². The first-order valence-corrected chi connectivity index (χ1v) is 10.6. The van der Waals surface area contributed by atoms with Crippen LogP contribution in [0.5, 0.6) is 0 Å². The lowest BCUT2D eigenvalue weighted by Crippen LogP contribution is -2.40. The van der Waals surface area contributed by atoms with E-state index >= 15 is 0 Å². The maximum atomic E-state index is 5.49. The number of aromatic nitrogens is 2. The van der Waals surface area contributed by atoms with Crippen molar-refractivity contribution in [2.24, 2.45) is 0 Å². The van der Waals surface area contributed by atoms with Gasteiger partial charge in [-0.15, -0.1) is 0 Å². The first kappa shape index (κ1) is 21.0. The monoisotopic (exact) mass is 408 g/mol. The Morgan fingerprint density at radius 1 is 1.25 bits per heavy atom. The van der Waals surface area contributed by atoms with Gasteiger partial charge in [0.15, 0.2) is 5.11 Å². The van der Waals surface area contributed by atoms with Crippen LogP contribution >= 0.6 is 12.2 Å². The molecule has 0 bridgehead atoms. The van der Waals surface area contributed by atoms with Gasteiger partial charge in [-0.3, -0.25) is 0 Å². The minimum Gasteiger partial charge on any atom is -0.385 e. The van der Waals surface area contributed by atoms with E-state index in [0.29, 0.717) is 23.7 Å². The standard InChI is InChI=1S/C19H32N6O2S/c1-15-6-3-4-8-25(15)17-14-16(24-9-12-27-13-10-24)21-18(22-17)23-19(28)20-7-5-11-26-2/h14-15H,3-13H2,1-2H3,(H2,20,21,22,23,28)/t15-/m0/s1. The molecule has 0 radical (unpaired) electrons. The fourth-order valence-electron chi connectivity index (χ4n) is 3.58. The van der Waals surface area contributed by atoms with Crippen LogP contribution in [0.2, 0.25) is 0 Å². The topological polar surface area (TPSA) is 74.8 Å². The SMILES string of the molecule is COCCCNC(=S)Nc1nc(N2CCOCC2)cc(N2CCCC[C@@H]2C)n1. The molecule has 2 saturated heterocycles. The van der Waals surface area contributed by atoms with Gasteiger partial charge < -0.3 is 29.9 Å². The van der Waals surface area contributed by atoms with Crippen LogP contribution in [0.15, 0.2) is 6.07 Å². The molecular formula is C19H32N6O2S.